The monoisotopic (exact) mass is 357 g/mol. The normalized spacial score (nSPS) is 11.9. The number of nitrogens with zero attached hydrogens (tertiary/aromatic N) is 1. The lowest BCUT2D eigenvalue weighted by molar-refractivity contribution is 0.0981. The van der Waals surface area contributed by atoms with E-state index >= 15 is 0 Å². The molecule has 0 aliphatic carbocycles. The van der Waals surface area contributed by atoms with Crippen molar-refractivity contribution >= 4 is 44.7 Å². The molecule has 0 saturated heterocycles. The van der Waals surface area contributed by atoms with Crippen LogP contribution in [0.5, 0.6) is 0 Å². The van der Waals surface area contributed by atoms with E-state index in [-0.39, 0.29) is 10.6 Å². The maximum absolute atomic E-state index is 13.9. The zero-order chi connectivity index (χ0) is 14.0. The van der Waals surface area contributed by atoms with E-state index < -0.39 is 17.5 Å². The van der Waals surface area contributed by atoms with Gasteiger partial charge in [0.2, 0.25) is 0 Å². The average Bonchev–Trinajstić information content (AvgIpc) is 2.82. The van der Waals surface area contributed by atoms with Crippen molar-refractivity contribution in [3.05, 3.63) is 55.4 Å². The maximum Gasteiger partial charge on any atom is 0.194 e. The lowest BCUT2D eigenvalue weighted by atomic mass is 9.95. The molecule has 1 unspecified atom stereocenters. The van der Waals surface area contributed by atoms with Crippen molar-refractivity contribution in [2.75, 3.05) is 0 Å². The van der Waals surface area contributed by atoms with Crippen LogP contribution in [-0.4, -0.2) is 5.78 Å². The molecular weight excluding hydrogens is 353 g/mol. The Kier molecular flexibility index (Phi) is 4.35. The van der Waals surface area contributed by atoms with Gasteiger partial charge in [-0.15, -0.1) is 11.3 Å². The Morgan fingerprint density at radius 2 is 2.16 bits per heavy atom. The fourth-order valence-electron chi connectivity index (χ4n) is 1.60. The van der Waals surface area contributed by atoms with Gasteiger partial charge in [0, 0.05) is 5.56 Å². The molecule has 1 aromatic carbocycles. The van der Waals surface area contributed by atoms with E-state index in [2.05, 4.69) is 15.9 Å². The van der Waals surface area contributed by atoms with Crippen LogP contribution in [0.2, 0.25) is 5.02 Å². The van der Waals surface area contributed by atoms with E-state index in [1.807, 2.05) is 6.07 Å². The number of ketones is 1. The quantitative estimate of drug-likeness (QED) is 0.740. The SMILES string of the molecule is N#CC(C(=O)c1ccc(Br)s1)c1cccc(Cl)c1F. The van der Waals surface area contributed by atoms with Crippen molar-refractivity contribution in [1.82, 2.24) is 0 Å². The summed E-state index contributed by atoms with van der Waals surface area (Å²) in [7, 11) is 0. The Balaban J connectivity index is 2.43. The minimum absolute atomic E-state index is 0.00419. The zero-order valence-corrected chi connectivity index (χ0v) is 12.5. The van der Waals surface area contributed by atoms with E-state index in [9.17, 15) is 9.18 Å². The minimum atomic E-state index is -1.19. The summed E-state index contributed by atoms with van der Waals surface area (Å²) in [4.78, 5) is 12.6. The molecule has 0 fully saturated rings. The van der Waals surface area contributed by atoms with Gasteiger partial charge >= 0.3 is 0 Å². The molecule has 1 aromatic heterocycles. The van der Waals surface area contributed by atoms with E-state index in [1.165, 1.54) is 29.5 Å². The molecule has 0 N–H and O–H groups in total. The molecule has 2 aromatic rings. The van der Waals surface area contributed by atoms with Gasteiger partial charge < -0.3 is 0 Å². The third-order valence-electron chi connectivity index (χ3n) is 2.50. The summed E-state index contributed by atoms with van der Waals surface area (Å²) in [6, 6.07) is 9.44. The second-order valence-electron chi connectivity index (χ2n) is 3.67. The van der Waals surface area contributed by atoms with Crippen molar-refractivity contribution in [3.63, 3.8) is 0 Å². The van der Waals surface area contributed by atoms with Crippen LogP contribution in [0.3, 0.4) is 0 Å². The molecule has 0 aliphatic heterocycles. The first-order chi connectivity index (χ1) is 9.04. The first-order valence-corrected chi connectivity index (χ1v) is 7.16. The van der Waals surface area contributed by atoms with Crippen LogP contribution >= 0.6 is 38.9 Å². The molecular formula is C13H6BrClFNOS. The largest absolute Gasteiger partial charge is 0.291 e. The summed E-state index contributed by atoms with van der Waals surface area (Å²) < 4.78 is 14.7. The second-order valence-corrected chi connectivity index (χ2v) is 6.54. The Morgan fingerprint density at radius 1 is 1.42 bits per heavy atom. The van der Waals surface area contributed by atoms with Gasteiger partial charge in [0.1, 0.15) is 11.7 Å². The highest BCUT2D eigenvalue weighted by molar-refractivity contribution is 9.11. The van der Waals surface area contributed by atoms with Gasteiger partial charge in [0.25, 0.3) is 0 Å². The van der Waals surface area contributed by atoms with Crippen LogP contribution in [0, 0.1) is 17.1 Å². The standard InChI is InChI=1S/C13H6BrClFNOS/c14-11-5-4-10(19-11)13(18)8(6-17)7-2-1-3-9(15)12(7)16/h1-5,8H. The second kappa shape index (κ2) is 5.83. The highest BCUT2D eigenvalue weighted by atomic mass is 79.9. The molecule has 1 heterocycles. The summed E-state index contributed by atoms with van der Waals surface area (Å²) >= 11 is 10.1. The van der Waals surface area contributed by atoms with Gasteiger partial charge in [-0.1, -0.05) is 23.7 Å². The van der Waals surface area contributed by atoms with E-state index in [1.54, 1.807) is 12.1 Å². The van der Waals surface area contributed by atoms with Gasteiger partial charge in [0.15, 0.2) is 5.78 Å². The van der Waals surface area contributed by atoms with Crippen molar-refractivity contribution < 1.29 is 9.18 Å². The van der Waals surface area contributed by atoms with Crippen molar-refractivity contribution in [2.24, 2.45) is 0 Å². The van der Waals surface area contributed by atoms with Gasteiger partial charge in [-0.25, -0.2) is 4.39 Å². The number of carbonyl (C=O) groups is 1. The molecule has 6 heteroatoms. The van der Waals surface area contributed by atoms with Crippen LogP contribution < -0.4 is 0 Å². The number of hydrogen-bond acceptors (Lipinski definition) is 3. The fraction of sp³-hybridized carbons (Fsp3) is 0.0769. The van der Waals surface area contributed by atoms with Crippen LogP contribution in [0.25, 0.3) is 0 Å². The summed E-state index contributed by atoms with van der Waals surface area (Å²) in [5, 5.41) is 9.05. The highest BCUT2D eigenvalue weighted by Crippen LogP contribution is 2.30. The van der Waals surface area contributed by atoms with Crippen molar-refractivity contribution in [1.29, 1.82) is 5.26 Å². The smallest absolute Gasteiger partial charge is 0.194 e. The molecule has 0 bridgehead atoms. The van der Waals surface area contributed by atoms with Crippen LogP contribution in [0.4, 0.5) is 4.39 Å². The Hall–Kier alpha value is -1.22. The van der Waals surface area contributed by atoms with E-state index in [0.717, 1.165) is 3.79 Å². The summed E-state index contributed by atoms with van der Waals surface area (Å²) in [6.45, 7) is 0. The Morgan fingerprint density at radius 3 is 2.74 bits per heavy atom. The van der Waals surface area contributed by atoms with Gasteiger partial charge in [-0.3, -0.25) is 4.79 Å². The molecule has 0 spiro atoms. The van der Waals surface area contributed by atoms with Crippen LogP contribution in [0.1, 0.15) is 21.2 Å². The number of halogens is 3. The number of nitriles is 1. The molecule has 2 rings (SSSR count). The van der Waals surface area contributed by atoms with E-state index in [0.29, 0.717) is 4.88 Å². The van der Waals surface area contributed by atoms with Gasteiger partial charge in [-0.2, -0.15) is 5.26 Å². The van der Waals surface area contributed by atoms with Crippen molar-refractivity contribution in [2.45, 2.75) is 5.92 Å². The van der Waals surface area contributed by atoms with Crippen LogP contribution in [0.15, 0.2) is 34.1 Å². The molecule has 0 aliphatic rings. The lowest BCUT2D eigenvalue weighted by Gasteiger charge is -2.09. The number of thiophene rings is 1. The topological polar surface area (TPSA) is 40.9 Å². The number of hydrogen-bond donors (Lipinski definition) is 0. The molecule has 19 heavy (non-hydrogen) atoms. The predicted molar refractivity (Wildman–Crippen MR) is 76.1 cm³/mol. The Bertz CT molecular complexity index is 680. The molecule has 0 radical (unpaired) electrons. The summed E-state index contributed by atoms with van der Waals surface area (Å²) in [5.74, 6) is -2.34. The molecule has 2 nitrogen and oxygen atoms in total. The summed E-state index contributed by atoms with van der Waals surface area (Å²) in [5.41, 5.74) is 0.00419. The number of Topliss-reactive ketones (excluding diaryl/α,β-unsaturated/α-hetero) is 1. The fourth-order valence-corrected chi connectivity index (χ4v) is 3.14. The first-order valence-electron chi connectivity index (χ1n) is 5.17. The van der Waals surface area contributed by atoms with E-state index in [4.69, 9.17) is 16.9 Å². The molecule has 0 amide bonds. The maximum atomic E-state index is 13.9. The van der Waals surface area contributed by atoms with Crippen LogP contribution in [-0.2, 0) is 0 Å². The highest BCUT2D eigenvalue weighted by Gasteiger charge is 2.26. The van der Waals surface area contributed by atoms with Gasteiger partial charge in [-0.05, 0) is 34.1 Å². The first kappa shape index (κ1) is 14.2. The number of benzene rings is 1. The predicted octanol–water partition coefficient (Wildman–Crippen LogP) is 4.79. The molecule has 96 valence electrons. The van der Waals surface area contributed by atoms with Crippen molar-refractivity contribution in [3.8, 4) is 6.07 Å². The number of rotatable bonds is 3. The third kappa shape index (κ3) is 2.86. The number of carbonyl (C=O) groups excluding carboxylic acids is 1. The third-order valence-corrected chi connectivity index (χ3v) is 4.43. The summed E-state index contributed by atoms with van der Waals surface area (Å²) in [6.07, 6.45) is 0. The average molecular weight is 359 g/mol. The lowest BCUT2D eigenvalue weighted by Crippen LogP contribution is -2.11. The van der Waals surface area contributed by atoms with Gasteiger partial charge in [0.05, 0.1) is 19.8 Å². The zero-order valence-electron chi connectivity index (χ0n) is 9.36. The Labute approximate surface area is 126 Å². The molecule has 0 saturated carbocycles. The molecule has 1 atom stereocenters. The minimum Gasteiger partial charge on any atom is -0.291 e.